The summed E-state index contributed by atoms with van der Waals surface area (Å²) < 4.78 is 14.0. The van der Waals surface area contributed by atoms with Crippen molar-refractivity contribution in [2.24, 2.45) is 0 Å². The van der Waals surface area contributed by atoms with Crippen LogP contribution in [-0.2, 0) is 12.8 Å². The molecule has 0 fully saturated rings. The first-order valence-electron chi connectivity index (χ1n) is 7.89. The van der Waals surface area contributed by atoms with E-state index < -0.39 is 5.54 Å². The summed E-state index contributed by atoms with van der Waals surface area (Å²) in [6.07, 6.45) is 1.14. The van der Waals surface area contributed by atoms with Crippen molar-refractivity contribution in [3.63, 3.8) is 0 Å². The van der Waals surface area contributed by atoms with Gasteiger partial charge in [-0.15, -0.1) is 11.3 Å². The predicted octanol–water partition coefficient (Wildman–Crippen LogP) is 3.95. The van der Waals surface area contributed by atoms with Crippen molar-refractivity contribution < 1.29 is 14.3 Å². The molecule has 1 aromatic heterocycles. The third-order valence-electron chi connectivity index (χ3n) is 4.66. The van der Waals surface area contributed by atoms with Gasteiger partial charge in [-0.25, -0.2) is 4.39 Å². The summed E-state index contributed by atoms with van der Waals surface area (Å²) >= 11 is 7.49. The normalized spacial score (nSPS) is 15.3. The van der Waals surface area contributed by atoms with Gasteiger partial charge in [-0.05, 0) is 42.2 Å². The van der Waals surface area contributed by atoms with E-state index in [9.17, 15) is 14.3 Å². The summed E-state index contributed by atoms with van der Waals surface area (Å²) in [5, 5.41) is 13.9. The Bertz CT molecular complexity index is 960. The van der Waals surface area contributed by atoms with E-state index in [0.717, 1.165) is 22.5 Å². The molecule has 25 heavy (non-hydrogen) atoms. The van der Waals surface area contributed by atoms with Crippen LogP contribution < -0.4 is 5.32 Å². The van der Waals surface area contributed by atoms with Crippen LogP contribution in [0.25, 0.3) is 10.1 Å². The van der Waals surface area contributed by atoms with E-state index in [-0.39, 0.29) is 18.3 Å². The highest BCUT2D eigenvalue weighted by atomic mass is 35.5. The minimum absolute atomic E-state index is 0.162. The van der Waals surface area contributed by atoms with Crippen molar-refractivity contribution in [2.45, 2.75) is 18.4 Å². The van der Waals surface area contributed by atoms with E-state index in [4.69, 9.17) is 11.6 Å². The summed E-state index contributed by atoms with van der Waals surface area (Å²) in [6, 6.07) is 12.2. The maximum Gasteiger partial charge on any atom is 0.263 e. The van der Waals surface area contributed by atoms with Crippen LogP contribution in [0.4, 0.5) is 4.39 Å². The molecule has 2 aromatic carbocycles. The van der Waals surface area contributed by atoms with Gasteiger partial charge in [0, 0.05) is 10.1 Å². The van der Waals surface area contributed by atoms with Crippen LogP contribution in [0.3, 0.4) is 0 Å². The molecule has 0 radical (unpaired) electrons. The van der Waals surface area contributed by atoms with Crippen molar-refractivity contribution in [1.82, 2.24) is 5.32 Å². The second-order valence-corrected chi connectivity index (χ2v) is 7.83. The number of amides is 1. The second kappa shape index (κ2) is 6.09. The van der Waals surface area contributed by atoms with Gasteiger partial charge in [-0.2, -0.15) is 0 Å². The molecule has 0 saturated heterocycles. The lowest BCUT2D eigenvalue weighted by molar-refractivity contribution is 0.0847. The van der Waals surface area contributed by atoms with Crippen LogP contribution >= 0.6 is 22.9 Å². The van der Waals surface area contributed by atoms with Crippen LogP contribution in [0.15, 0.2) is 42.5 Å². The van der Waals surface area contributed by atoms with E-state index in [1.165, 1.54) is 12.1 Å². The van der Waals surface area contributed by atoms with Gasteiger partial charge in [-0.1, -0.05) is 35.9 Å². The molecule has 3 nitrogen and oxygen atoms in total. The topological polar surface area (TPSA) is 49.3 Å². The number of fused-ring (bicyclic) bond motifs is 2. The van der Waals surface area contributed by atoms with E-state index in [1.807, 2.05) is 24.3 Å². The zero-order valence-electron chi connectivity index (χ0n) is 13.2. The Morgan fingerprint density at radius 2 is 1.92 bits per heavy atom. The van der Waals surface area contributed by atoms with Gasteiger partial charge in [0.1, 0.15) is 10.7 Å². The number of benzene rings is 2. The lowest BCUT2D eigenvalue weighted by atomic mass is 9.96. The fraction of sp³-hybridized carbons (Fsp3) is 0.211. The summed E-state index contributed by atoms with van der Waals surface area (Å²) in [5.41, 5.74) is 1.52. The SMILES string of the molecule is O=C(NC1(CO)Cc2ccccc2C1)c1sc2cc(F)ccc2c1Cl. The average molecular weight is 376 g/mol. The summed E-state index contributed by atoms with van der Waals surface area (Å²) in [6.45, 7) is -0.162. The van der Waals surface area contributed by atoms with Crippen molar-refractivity contribution in [2.75, 3.05) is 6.61 Å². The quantitative estimate of drug-likeness (QED) is 0.728. The Balaban J connectivity index is 1.65. The fourth-order valence-corrected chi connectivity index (χ4v) is 4.85. The molecule has 0 aliphatic heterocycles. The number of aliphatic hydroxyl groups is 1. The highest BCUT2D eigenvalue weighted by molar-refractivity contribution is 7.21. The van der Waals surface area contributed by atoms with Crippen molar-refractivity contribution >= 4 is 38.9 Å². The van der Waals surface area contributed by atoms with Gasteiger partial charge in [-0.3, -0.25) is 4.79 Å². The highest BCUT2D eigenvalue weighted by Gasteiger charge is 2.38. The third-order valence-corrected chi connectivity index (χ3v) is 6.31. The standard InChI is InChI=1S/C19H15ClFNO2S/c20-16-14-6-5-13(21)7-15(14)25-17(16)18(24)22-19(10-23)8-11-3-1-2-4-12(11)9-19/h1-7,23H,8-10H2,(H,22,24). The first-order chi connectivity index (χ1) is 12.0. The molecule has 1 aliphatic carbocycles. The summed E-state index contributed by atoms with van der Waals surface area (Å²) in [5.74, 6) is -0.705. The van der Waals surface area contributed by atoms with E-state index >= 15 is 0 Å². The molecule has 128 valence electrons. The van der Waals surface area contributed by atoms with Gasteiger partial charge in [0.2, 0.25) is 0 Å². The highest BCUT2D eigenvalue weighted by Crippen LogP contribution is 2.37. The Hall–Kier alpha value is -1.95. The molecule has 0 atom stereocenters. The van der Waals surface area contributed by atoms with Gasteiger partial charge in [0.05, 0.1) is 17.2 Å². The number of hydrogen-bond donors (Lipinski definition) is 2. The summed E-state index contributed by atoms with van der Waals surface area (Å²) in [4.78, 5) is 13.1. The Morgan fingerprint density at radius 1 is 1.24 bits per heavy atom. The first-order valence-corrected chi connectivity index (χ1v) is 9.08. The number of hydrogen-bond acceptors (Lipinski definition) is 3. The molecule has 0 unspecified atom stereocenters. The molecule has 4 rings (SSSR count). The molecule has 6 heteroatoms. The van der Waals surface area contributed by atoms with Gasteiger partial charge in [0.15, 0.2) is 0 Å². The van der Waals surface area contributed by atoms with E-state index in [1.54, 1.807) is 6.07 Å². The maximum atomic E-state index is 13.4. The zero-order chi connectivity index (χ0) is 17.6. The molecule has 2 N–H and O–H groups in total. The number of halogens is 2. The lowest BCUT2D eigenvalue weighted by Crippen LogP contribution is -2.52. The predicted molar refractivity (Wildman–Crippen MR) is 97.9 cm³/mol. The van der Waals surface area contributed by atoms with Crippen molar-refractivity contribution in [3.8, 4) is 0 Å². The number of carbonyl (C=O) groups excluding carboxylic acids is 1. The van der Waals surface area contributed by atoms with Crippen LogP contribution in [0.2, 0.25) is 5.02 Å². The minimum atomic E-state index is -0.731. The Labute approximate surface area is 153 Å². The number of aliphatic hydroxyl groups excluding tert-OH is 1. The smallest absolute Gasteiger partial charge is 0.263 e. The molecule has 1 heterocycles. The second-order valence-electron chi connectivity index (χ2n) is 6.40. The van der Waals surface area contributed by atoms with Crippen molar-refractivity contribution in [3.05, 3.63) is 69.3 Å². The molecule has 0 spiro atoms. The zero-order valence-corrected chi connectivity index (χ0v) is 14.8. The van der Waals surface area contributed by atoms with Crippen LogP contribution in [0.5, 0.6) is 0 Å². The van der Waals surface area contributed by atoms with Crippen LogP contribution in [0.1, 0.15) is 20.8 Å². The average Bonchev–Trinajstić information content (AvgIpc) is 3.12. The Morgan fingerprint density at radius 3 is 2.56 bits per heavy atom. The largest absolute Gasteiger partial charge is 0.394 e. The van der Waals surface area contributed by atoms with E-state index in [2.05, 4.69) is 5.32 Å². The molecule has 1 amide bonds. The number of carbonyl (C=O) groups is 1. The number of rotatable bonds is 3. The van der Waals surface area contributed by atoms with Crippen molar-refractivity contribution in [1.29, 1.82) is 0 Å². The maximum absolute atomic E-state index is 13.4. The molecule has 0 bridgehead atoms. The number of thiophene rings is 1. The first kappa shape index (κ1) is 16.5. The third kappa shape index (κ3) is 2.82. The van der Waals surface area contributed by atoms with Crippen LogP contribution in [0, 0.1) is 5.82 Å². The molecular weight excluding hydrogens is 361 g/mol. The lowest BCUT2D eigenvalue weighted by Gasteiger charge is -2.28. The molecule has 3 aromatic rings. The number of nitrogens with one attached hydrogen (secondary N) is 1. The fourth-order valence-electron chi connectivity index (χ4n) is 3.42. The summed E-state index contributed by atoms with van der Waals surface area (Å²) in [7, 11) is 0. The molecule has 0 saturated carbocycles. The van der Waals surface area contributed by atoms with E-state index in [0.29, 0.717) is 32.8 Å². The van der Waals surface area contributed by atoms with Gasteiger partial charge >= 0.3 is 0 Å². The molecular formula is C19H15ClFNO2S. The minimum Gasteiger partial charge on any atom is -0.394 e. The molecule has 1 aliphatic rings. The van der Waals surface area contributed by atoms with Gasteiger partial charge in [0.25, 0.3) is 5.91 Å². The Kier molecular flexibility index (Phi) is 4.02. The van der Waals surface area contributed by atoms with Crippen LogP contribution in [-0.4, -0.2) is 23.2 Å². The monoisotopic (exact) mass is 375 g/mol. The van der Waals surface area contributed by atoms with Gasteiger partial charge < -0.3 is 10.4 Å².